The summed E-state index contributed by atoms with van der Waals surface area (Å²) in [6, 6.07) is 8.11. The zero-order valence-corrected chi connectivity index (χ0v) is 11.9. The van der Waals surface area contributed by atoms with E-state index in [4.69, 9.17) is 22.4 Å². The van der Waals surface area contributed by atoms with Gasteiger partial charge in [-0.3, -0.25) is 9.80 Å². The van der Waals surface area contributed by atoms with Crippen molar-refractivity contribution in [3.05, 3.63) is 34.9 Å². The van der Waals surface area contributed by atoms with E-state index in [1.807, 2.05) is 18.2 Å². The van der Waals surface area contributed by atoms with Crippen molar-refractivity contribution in [2.75, 3.05) is 45.9 Å². The summed E-state index contributed by atoms with van der Waals surface area (Å²) in [6.45, 7) is 5.44. The second kappa shape index (κ2) is 7.22. The third-order valence-electron chi connectivity index (χ3n) is 3.75. The molecule has 1 saturated heterocycles. The number of hydrogen-bond donors (Lipinski definition) is 2. The minimum Gasteiger partial charge on any atom is -0.395 e. The summed E-state index contributed by atoms with van der Waals surface area (Å²) in [4.78, 5) is 4.66. The van der Waals surface area contributed by atoms with Gasteiger partial charge in [0.15, 0.2) is 0 Å². The first-order valence-corrected chi connectivity index (χ1v) is 7.16. The average Bonchev–Trinajstić information content (AvgIpc) is 2.44. The molecule has 0 radical (unpaired) electrons. The molecule has 0 bridgehead atoms. The lowest BCUT2D eigenvalue weighted by molar-refractivity contribution is 0.0857. The van der Waals surface area contributed by atoms with Crippen LogP contribution in [0.25, 0.3) is 0 Å². The highest BCUT2D eigenvalue weighted by Crippen LogP contribution is 2.27. The summed E-state index contributed by atoms with van der Waals surface area (Å²) < 4.78 is 0. The van der Waals surface area contributed by atoms with Gasteiger partial charge in [0.05, 0.1) is 6.61 Å². The molecule has 1 aliphatic heterocycles. The van der Waals surface area contributed by atoms with Gasteiger partial charge in [-0.25, -0.2) is 0 Å². The Bertz CT molecular complexity index is 394. The Morgan fingerprint density at radius 1 is 1.21 bits per heavy atom. The van der Waals surface area contributed by atoms with Crippen molar-refractivity contribution in [3.8, 4) is 0 Å². The van der Waals surface area contributed by atoms with Gasteiger partial charge in [0, 0.05) is 50.3 Å². The van der Waals surface area contributed by atoms with E-state index in [9.17, 15) is 0 Å². The van der Waals surface area contributed by atoms with E-state index in [1.165, 1.54) is 0 Å². The van der Waals surface area contributed by atoms with Gasteiger partial charge in [0.2, 0.25) is 0 Å². The summed E-state index contributed by atoms with van der Waals surface area (Å²) >= 11 is 6.27. The van der Waals surface area contributed by atoms with Crippen LogP contribution in [0.1, 0.15) is 11.6 Å². The van der Waals surface area contributed by atoms with Gasteiger partial charge in [-0.1, -0.05) is 29.8 Å². The first-order chi connectivity index (χ1) is 9.26. The third kappa shape index (κ3) is 3.68. The van der Waals surface area contributed by atoms with Gasteiger partial charge in [-0.05, 0) is 11.6 Å². The maximum atomic E-state index is 8.96. The molecule has 0 spiro atoms. The maximum absolute atomic E-state index is 8.96. The Hall–Kier alpha value is -0.650. The highest BCUT2D eigenvalue weighted by atomic mass is 35.5. The van der Waals surface area contributed by atoms with Crippen molar-refractivity contribution in [2.24, 2.45) is 5.73 Å². The van der Waals surface area contributed by atoms with Crippen LogP contribution in [0, 0.1) is 0 Å². The lowest BCUT2D eigenvalue weighted by Crippen LogP contribution is -2.49. The summed E-state index contributed by atoms with van der Waals surface area (Å²) in [5, 5.41) is 9.75. The number of hydrogen-bond acceptors (Lipinski definition) is 4. The number of β-amino-alcohol motifs (C(OH)–C–C–N with tert-alkyl or cyclic N) is 1. The molecule has 5 heteroatoms. The van der Waals surface area contributed by atoms with E-state index < -0.39 is 0 Å². The Balaban J connectivity index is 2.02. The maximum Gasteiger partial charge on any atom is 0.0558 e. The standard InChI is InChI=1S/C14H22ClN3O/c15-13-4-2-1-3-12(13)14(11-16)18-7-5-17(6-8-18)9-10-19/h1-4,14,19H,5-11,16H2. The predicted molar refractivity (Wildman–Crippen MR) is 78.3 cm³/mol. The second-order valence-corrected chi connectivity index (χ2v) is 5.28. The van der Waals surface area contributed by atoms with Crippen molar-refractivity contribution in [2.45, 2.75) is 6.04 Å². The van der Waals surface area contributed by atoms with Gasteiger partial charge in [0.1, 0.15) is 0 Å². The molecule has 0 aliphatic carbocycles. The monoisotopic (exact) mass is 283 g/mol. The van der Waals surface area contributed by atoms with Gasteiger partial charge >= 0.3 is 0 Å². The molecular weight excluding hydrogens is 262 g/mol. The lowest BCUT2D eigenvalue weighted by Gasteiger charge is -2.39. The van der Waals surface area contributed by atoms with Gasteiger partial charge < -0.3 is 10.8 Å². The third-order valence-corrected chi connectivity index (χ3v) is 4.10. The molecule has 1 unspecified atom stereocenters. The fraction of sp³-hybridized carbons (Fsp3) is 0.571. The number of rotatable bonds is 5. The smallest absolute Gasteiger partial charge is 0.0558 e. The zero-order chi connectivity index (χ0) is 13.7. The minimum atomic E-state index is 0.185. The van der Waals surface area contributed by atoms with Crippen molar-refractivity contribution < 1.29 is 5.11 Å². The van der Waals surface area contributed by atoms with Crippen molar-refractivity contribution >= 4 is 11.6 Å². The van der Waals surface area contributed by atoms with Crippen LogP contribution in [0.5, 0.6) is 0 Å². The van der Waals surface area contributed by atoms with Crippen LogP contribution in [0.2, 0.25) is 5.02 Å². The largest absolute Gasteiger partial charge is 0.395 e. The molecule has 1 fully saturated rings. The van der Waals surface area contributed by atoms with E-state index in [1.54, 1.807) is 0 Å². The first-order valence-electron chi connectivity index (χ1n) is 6.78. The van der Waals surface area contributed by atoms with Crippen molar-refractivity contribution in [1.29, 1.82) is 0 Å². The highest BCUT2D eigenvalue weighted by molar-refractivity contribution is 6.31. The molecule has 0 saturated carbocycles. The van der Waals surface area contributed by atoms with Crippen LogP contribution in [-0.2, 0) is 0 Å². The Morgan fingerprint density at radius 2 is 1.89 bits per heavy atom. The first kappa shape index (κ1) is 14.8. The highest BCUT2D eigenvalue weighted by Gasteiger charge is 2.24. The van der Waals surface area contributed by atoms with Crippen LogP contribution in [0.4, 0.5) is 0 Å². The molecule has 0 amide bonds. The van der Waals surface area contributed by atoms with E-state index >= 15 is 0 Å². The molecule has 3 N–H and O–H groups in total. The lowest BCUT2D eigenvalue weighted by atomic mass is 10.0. The van der Waals surface area contributed by atoms with E-state index in [0.717, 1.165) is 43.3 Å². The molecule has 1 aliphatic rings. The van der Waals surface area contributed by atoms with Gasteiger partial charge in [-0.2, -0.15) is 0 Å². The van der Waals surface area contributed by atoms with Crippen molar-refractivity contribution in [3.63, 3.8) is 0 Å². The van der Waals surface area contributed by atoms with E-state index in [2.05, 4.69) is 15.9 Å². The molecule has 1 aromatic carbocycles. The summed E-state index contributed by atoms with van der Waals surface area (Å²) in [5.41, 5.74) is 7.06. The van der Waals surface area contributed by atoms with Crippen LogP contribution in [0.15, 0.2) is 24.3 Å². The number of benzene rings is 1. The number of aliphatic hydroxyl groups is 1. The summed E-state index contributed by atoms with van der Waals surface area (Å²) in [7, 11) is 0. The number of aliphatic hydroxyl groups excluding tert-OH is 1. The number of nitrogens with two attached hydrogens (primary N) is 1. The molecule has 1 atom stereocenters. The molecule has 1 heterocycles. The molecule has 106 valence electrons. The van der Waals surface area contributed by atoms with Crippen LogP contribution in [-0.4, -0.2) is 60.8 Å². The fourth-order valence-corrected chi connectivity index (χ4v) is 2.92. The van der Waals surface area contributed by atoms with Crippen LogP contribution < -0.4 is 5.73 Å². The van der Waals surface area contributed by atoms with E-state index in [0.29, 0.717) is 6.54 Å². The zero-order valence-electron chi connectivity index (χ0n) is 11.1. The predicted octanol–water partition coefficient (Wildman–Crippen LogP) is 0.950. The quantitative estimate of drug-likeness (QED) is 0.845. The second-order valence-electron chi connectivity index (χ2n) is 4.87. The average molecular weight is 284 g/mol. The molecule has 2 rings (SSSR count). The summed E-state index contributed by atoms with van der Waals surface area (Å²) in [5.74, 6) is 0. The van der Waals surface area contributed by atoms with E-state index in [-0.39, 0.29) is 12.6 Å². The van der Waals surface area contributed by atoms with Crippen molar-refractivity contribution in [1.82, 2.24) is 9.80 Å². The normalized spacial score (nSPS) is 19.5. The van der Waals surface area contributed by atoms with Gasteiger partial charge in [0.25, 0.3) is 0 Å². The fourth-order valence-electron chi connectivity index (χ4n) is 2.66. The Kier molecular flexibility index (Phi) is 5.60. The number of piperazine rings is 1. The molecule has 1 aromatic rings. The minimum absolute atomic E-state index is 0.185. The van der Waals surface area contributed by atoms with Crippen LogP contribution in [0.3, 0.4) is 0 Å². The number of nitrogens with zero attached hydrogens (tertiary/aromatic N) is 2. The number of halogens is 1. The Morgan fingerprint density at radius 3 is 2.47 bits per heavy atom. The topological polar surface area (TPSA) is 52.7 Å². The molecular formula is C14H22ClN3O. The molecule has 0 aromatic heterocycles. The molecule has 4 nitrogen and oxygen atoms in total. The molecule has 19 heavy (non-hydrogen) atoms. The SMILES string of the molecule is NCC(c1ccccc1Cl)N1CCN(CCO)CC1. The summed E-state index contributed by atoms with van der Waals surface area (Å²) in [6.07, 6.45) is 0. The van der Waals surface area contributed by atoms with Crippen LogP contribution >= 0.6 is 11.6 Å². The van der Waals surface area contributed by atoms with Gasteiger partial charge in [-0.15, -0.1) is 0 Å². The Labute approximate surface area is 119 Å².